The maximum atomic E-state index is 13.0. The van der Waals surface area contributed by atoms with Crippen LogP contribution in [0.3, 0.4) is 0 Å². The number of hydrogen-bond donors (Lipinski definition) is 1. The van der Waals surface area contributed by atoms with Gasteiger partial charge in [-0.15, -0.1) is 0 Å². The van der Waals surface area contributed by atoms with Crippen LogP contribution in [0.1, 0.15) is 28.9 Å². The van der Waals surface area contributed by atoms with Crippen molar-refractivity contribution in [2.24, 2.45) is 0 Å². The van der Waals surface area contributed by atoms with Gasteiger partial charge in [-0.2, -0.15) is 0 Å². The van der Waals surface area contributed by atoms with Crippen LogP contribution >= 0.6 is 0 Å². The third-order valence-electron chi connectivity index (χ3n) is 5.29. The number of rotatable bonds is 7. The molecule has 0 bridgehead atoms. The molecule has 0 unspecified atom stereocenters. The maximum absolute atomic E-state index is 13.0. The van der Waals surface area contributed by atoms with E-state index in [9.17, 15) is 13.2 Å². The minimum Gasteiger partial charge on any atom is -0.379 e. The van der Waals surface area contributed by atoms with Crippen molar-refractivity contribution in [2.45, 2.75) is 23.9 Å². The predicted molar refractivity (Wildman–Crippen MR) is 116 cm³/mol. The minimum atomic E-state index is -3.61. The molecule has 2 aromatic rings. The van der Waals surface area contributed by atoms with Crippen LogP contribution in [0.2, 0.25) is 0 Å². The molecule has 8 heteroatoms. The Kier molecular flexibility index (Phi) is 7.25. The van der Waals surface area contributed by atoms with Crippen molar-refractivity contribution < 1.29 is 17.9 Å². The minimum absolute atomic E-state index is 0.00672. The van der Waals surface area contributed by atoms with Gasteiger partial charge in [-0.3, -0.25) is 9.69 Å². The van der Waals surface area contributed by atoms with Crippen LogP contribution < -0.4 is 5.32 Å². The molecule has 1 fully saturated rings. The van der Waals surface area contributed by atoms with E-state index in [-0.39, 0.29) is 22.9 Å². The van der Waals surface area contributed by atoms with E-state index < -0.39 is 10.0 Å². The molecule has 1 aliphatic rings. The second kappa shape index (κ2) is 9.70. The van der Waals surface area contributed by atoms with Crippen molar-refractivity contribution in [3.8, 4) is 0 Å². The molecule has 0 aromatic heterocycles. The Bertz CT molecular complexity index is 957. The third-order valence-corrected chi connectivity index (χ3v) is 7.10. The van der Waals surface area contributed by atoms with Gasteiger partial charge < -0.3 is 10.1 Å². The van der Waals surface area contributed by atoms with Gasteiger partial charge in [-0.05, 0) is 30.7 Å². The van der Waals surface area contributed by atoms with Gasteiger partial charge >= 0.3 is 0 Å². The number of nitrogens with zero attached hydrogens (tertiary/aromatic N) is 2. The molecule has 1 heterocycles. The Hall–Kier alpha value is -2.26. The summed E-state index contributed by atoms with van der Waals surface area (Å²) in [6.07, 6.45) is 0. The van der Waals surface area contributed by atoms with E-state index in [4.69, 9.17) is 4.74 Å². The molecule has 3 rings (SSSR count). The highest BCUT2D eigenvalue weighted by atomic mass is 32.2. The maximum Gasteiger partial charge on any atom is 0.251 e. The highest BCUT2D eigenvalue weighted by Gasteiger charge is 2.29. The lowest BCUT2D eigenvalue weighted by molar-refractivity contribution is 0.00888. The van der Waals surface area contributed by atoms with Gasteiger partial charge in [0.05, 0.1) is 24.2 Å². The quantitative estimate of drug-likeness (QED) is 0.727. The Labute approximate surface area is 178 Å². The van der Waals surface area contributed by atoms with Crippen LogP contribution in [-0.4, -0.2) is 70.0 Å². The van der Waals surface area contributed by atoms with Crippen molar-refractivity contribution in [2.75, 3.05) is 40.4 Å². The summed E-state index contributed by atoms with van der Waals surface area (Å²) in [4.78, 5) is 15.4. The standard InChI is InChI=1S/C22H29N3O4S/c1-17(21(18-8-5-4-6-9-18)25-12-14-29-15-13-25)23-22(26)19-10-7-11-20(16-19)30(27,28)24(2)3/h4-11,16-17,21H,12-15H2,1-3H3,(H,23,26)/t17-,21+/m1/s1. The summed E-state index contributed by atoms with van der Waals surface area (Å²) >= 11 is 0. The first-order valence-electron chi connectivity index (χ1n) is 10.0. The van der Waals surface area contributed by atoms with E-state index in [2.05, 4.69) is 22.3 Å². The average molecular weight is 432 g/mol. The Morgan fingerprint density at radius 2 is 1.73 bits per heavy atom. The van der Waals surface area contributed by atoms with Crippen LogP contribution in [0, 0.1) is 0 Å². The van der Waals surface area contributed by atoms with Gasteiger partial charge in [0.25, 0.3) is 5.91 Å². The van der Waals surface area contributed by atoms with Crippen molar-refractivity contribution in [1.82, 2.24) is 14.5 Å². The molecule has 30 heavy (non-hydrogen) atoms. The number of ether oxygens (including phenoxy) is 1. The zero-order valence-corrected chi connectivity index (χ0v) is 18.4. The molecular weight excluding hydrogens is 402 g/mol. The van der Waals surface area contributed by atoms with Crippen molar-refractivity contribution in [3.63, 3.8) is 0 Å². The molecule has 162 valence electrons. The third kappa shape index (κ3) is 5.07. The average Bonchev–Trinajstić information content (AvgIpc) is 2.75. The Balaban J connectivity index is 1.82. The van der Waals surface area contributed by atoms with Crippen molar-refractivity contribution in [3.05, 3.63) is 65.7 Å². The molecule has 1 amide bonds. The van der Waals surface area contributed by atoms with E-state index in [0.29, 0.717) is 18.8 Å². The fraction of sp³-hybridized carbons (Fsp3) is 0.409. The predicted octanol–water partition coefficient (Wildman–Crippen LogP) is 2.13. The second-order valence-corrected chi connectivity index (χ2v) is 9.73. The van der Waals surface area contributed by atoms with Gasteiger partial charge in [0.15, 0.2) is 0 Å². The van der Waals surface area contributed by atoms with Crippen LogP contribution in [0.15, 0.2) is 59.5 Å². The van der Waals surface area contributed by atoms with E-state index in [0.717, 1.165) is 23.0 Å². The molecule has 0 radical (unpaired) electrons. The van der Waals surface area contributed by atoms with Gasteiger partial charge in [-0.25, -0.2) is 12.7 Å². The highest BCUT2D eigenvalue weighted by molar-refractivity contribution is 7.89. The van der Waals surface area contributed by atoms with E-state index in [1.807, 2.05) is 25.1 Å². The molecule has 1 aliphatic heterocycles. The summed E-state index contributed by atoms with van der Waals surface area (Å²) in [6.45, 7) is 4.88. The lowest BCUT2D eigenvalue weighted by Crippen LogP contribution is -2.48. The normalized spacial score (nSPS) is 17.5. The molecule has 0 spiro atoms. The first kappa shape index (κ1) is 22.4. The van der Waals surface area contributed by atoms with E-state index in [1.165, 1.54) is 26.2 Å². The lowest BCUT2D eigenvalue weighted by Gasteiger charge is -2.38. The Morgan fingerprint density at radius 1 is 1.07 bits per heavy atom. The lowest BCUT2D eigenvalue weighted by atomic mass is 9.97. The first-order chi connectivity index (χ1) is 14.3. The van der Waals surface area contributed by atoms with Crippen LogP contribution in [-0.2, 0) is 14.8 Å². The second-order valence-electron chi connectivity index (χ2n) is 7.58. The number of hydrogen-bond acceptors (Lipinski definition) is 5. The SMILES string of the molecule is C[C@@H](NC(=O)c1cccc(S(=O)(=O)N(C)C)c1)[C@@H](c1ccccc1)N1CCOCC1. The number of nitrogens with one attached hydrogen (secondary N) is 1. The summed E-state index contributed by atoms with van der Waals surface area (Å²) in [5.41, 5.74) is 1.44. The molecule has 2 atom stereocenters. The van der Waals surface area contributed by atoms with E-state index in [1.54, 1.807) is 12.1 Å². The monoisotopic (exact) mass is 431 g/mol. The fourth-order valence-electron chi connectivity index (χ4n) is 3.70. The zero-order valence-electron chi connectivity index (χ0n) is 17.6. The largest absolute Gasteiger partial charge is 0.379 e. The molecular formula is C22H29N3O4S. The number of sulfonamides is 1. The summed E-state index contributed by atoms with van der Waals surface area (Å²) in [5, 5.41) is 3.07. The fourth-order valence-corrected chi connectivity index (χ4v) is 4.65. The number of carbonyl (C=O) groups excluding carboxylic acids is 1. The molecule has 7 nitrogen and oxygen atoms in total. The summed E-state index contributed by atoms with van der Waals surface area (Å²) in [5.74, 6) is -0.299. The number of morpholine rings is 1. The van der Waals surface area contributed by atoms with E-state index >= 15 is 0 Å². The molecule has 1 N–H and O–H groups in total. The van der Waals surface area contributed by atoms with Crippen LogP contribution in [0.5, 0.6) is 0 Å². The van der Waals surface area contributed by atoms with Gasteiger partial charge in [-0.1, -0.05) is 36.4 Å². The smallest absolute Gasteiger partial charge is 0.251 e. The summed E-state index contributed by atoms with van der Waals surface area (Å²) < 4.78 is 31.4. The number of carbonyl (C=O) groups is 1. The van der Waals surface area contributed by atoms with Gasteiger partial charge in [0.1, 0.15) is 0 Å². The molecule has 0 saturated carbocycles. The van der Waals surface area contributed by atoms with Gasteiger partial charge in [0.2, 0.25) is 10.0 Å². The molecule has 2 aromatic carbocycles. The number of benzene rings is 2. The van der Waals surface area contributed by atoms with Crippen LogP contribution in [0.25, 0.3) is 0 Å². The van der Waals surface area contributed by atoms with Crippen molar-refractivity contribution in [1.29, 1.82) is 0 Å². The topological polar surface area (TPSA) is 79.0 Å². The molecule has 0 aliphatic carbocycles. The van der Waals surface area contributed by atoms with Gasteiger partial charge in [0, 0.05) is 38.8 Å². The number of amides is 1. The Morgan fingerprint density at radius 3 is 2.37 bits per heavy atom. The zero-order chi connectivity index (χ0) is 21.7. The molecule has 1 saturated heterocycles. The summed E-state index contributed by atoms with van der Waals surface area (Å²) in [7, 11) is -0.668. The van der Waals surface area contributed by atoms with Crippen molar-refractivity contribution >= 4 is 15.9 Å². The van der Waals surface area contributed by atoms with Crippen LogP contribution in [0.4, 0.5) is 0 Å². The first-order valence-corrected chi connectivity index (χ1v) is 11.4. The highest BCUT2D eigenvalue weighted by Crippen LogP contribution is 2.26. The summed E-state index contributed by atoms with van der Waals surface area (Å²) in [6, 6.07) is 16.0.